The number of hydrogen-bond donors (Lipinski definition) is 1. The molecule has 3 heterocycles. The molecule has 1 amide bonds. The van der Waals surface area contributed by atoms with Crippen molar-refractivity contribution in [3.63, 3.8) is 0 Å². The van der Waals surface area contributed by atoms with E-state index in [1.54, 1.807) is 13.3 Å². The van der Waals surface area contributed by atoms with Crippen molar-refractivity contribution in [3.05, 3.63) is 24.2 Å². The smallest absolute Gasteiger partial charge is 0.222 e. The normalized spacial score (nSPS) is 17.0. The number of aromatic nitrogens is 3. The summed E-state index contributed by atoms with van der Waals surface area (Å²) < 4.78 is 7.46. The quantitative estimate of drug-likeness (QED) is 0.816. The van der Waals surface area contributed by atoms with Crippen LogP contribution in [0.4, 0.5) is 0 Å². The summed E-state index contributed by atoms with van der Waals surface area (Å²) in [7, 11) is 1.70. The molecule has 2 aromatic rings. The third kappa shape index (κ3) is 4.22. The van der Waals surface area contributed by atoms with E-state index in [0.29, 0.717) is 13.0 Å². The Kier molecular flexibility index (Phi) is 6.21. The molecule has 3 rings (SSSR count). The monoisotopic (exact) mass is 359 g/mol. The van der Waals surface area contributed by atoms with Gasteiger partial charge >= 0.3 is 0 Å². The fourth-order valence-corrected chi connectivity index (χ4v) is 3.64. The number of rotatable bonds is 7. The van der Waals surface area contributed by atoms with Crippen LogP contribution < -0.4 is 5.73 Å². The van der Waals surface area contributed by atoms with Crippen molar-refractivity contribution in [2.75, 3.05) is 26.8 Å². The van der Waals surface area contributed by atoms with Crippen LogP contribution in [0.1, 0.15) is 44.5 Å². The number of carbonyl (C=O) groups excluding carboxylic acids is 1. The molecule has 26 heavy (non-hydrogen) atoms. The molecule has 7 nitrogen and oxygen atoms in total. The van der Waals surface area contributed by atoms with Gasteiger partial charge in [-0.3, -0.25) is 4.79 Å². The predicted octanol–water partition coefficient (Wildman–Crippen LogP) is 1.91. The number of carbonyl (C=O) groups is 1. The molecule has 2 N–H and O–H groups in total. The van der Waals surface area contributed by atoms with E-state index >= 15 is 0 Å². The first kappa shape index (κ1) is 18.8. The van der Waals surface area contributed by atoms with Gasteiger partial charge in [-0.05, 0) is 38.3 Å². The number of nitrogens with zero attached hydrogens (tertiary/aromatic N) is 4. The molecule has 2 aromatic heterocycles. The summed E-state index contributed by atoms with van der Waals surface area (Å²) in [6, 6.07) is 4.27. The number of nitrogens with two attached hydrogens (primary N) is 1. The van der Waals surface area contributed by atoms with E-state index in [0.717, 1.165) is 55.8 Å². The summed E-state index contributed by atoms with van der Waals surface area (Å²) in [6.07, 6.45) is 5.68. The van der Waals surface area contributed by atoms with Crippen molar-refractivity contribution in [2.45, 2.75) is 51.1 Å². The third-order valence-corrected chi connectivity index (χ3v) is 5.05. The van der Waals surface area contributed by atoms with Crippen molar-refractivity contribution in [1.82, 2.24) is 19.4 Å². The van der Waals surface area contributed by atoms with Gasteiger partial charge in [0.25, 0.3) is 0 Å². The molecule has 0 saturated carbocycles. The fourth-order valence-electron chi connectivity index (χ4n) is 3.64. The van der Waals surface area contributed by atoms with Gasteiger partial charge in [0.15, 0.2) is 5.65 Å². The van der Waals surface area contributed by atoms with E-state index in [1.807, 2.05) is 17.0 Å². The number of imidazole rings is 1. The van der Waals surface area contributed by atoms with Gasteiger partial charge in [0, 0.05) is 45.3 Å². The van der Waals surface area contributed by atoms with Crippen molar-refractivity contribution in [3.8, 4) is 0 Å². The molecule has 7 heteroatoms. The molecule has 1 aliphatic heterocycles. The Labute approximate surface area is 154 Å². The van der Waals surface area contributed by atoms with Crippen LogP contribution in [0.15, 0.2) is 18.3 Å². The maximum absolute atomic E-state index is 12.4. The van der Waals surface area contributed by atoms with E-state index in [2.05, 4.69) is 16.5 Å². The summed E-state index contributed by atoms with van der Waals surface area (Å²) in [5.41, 5.74) is 7.68. The number of aryl methyl sites for hydroxylation is 1. The lowest BCUT2D eigenvalue weighted by atomic mass is 10.1. The second-order valence-corrected chi connectivity index (χ2v) is 7.12. The van der Waals surface area contributed by atoms with Crippen LogP contribution in [0.2, 0.25) is 0 Å². The van der Waals surface area contributed by atoms with Gasteiger partial charge in [0.05, 0.1) is 12.6 Å². The van der Waals surface area contributed by atoms with Gasteiger partial charge in [0.2, 0.25) is 5.91 Å². The highest BCUT2D eigenvalue weighted by molar-refractivity contribution is 5.76. The zero-order valence-electron chi connectivity index (χ0n) is 15.7. The summed E-state index contributed by atoms with van der Waals surface area (Å²) >= 11 is 0. The highest BCUT2D eigenvalue weighted by Gasteiger charge is 2.21. The first-order valence-electron chi connectivity index (χ1n) is 9.44. The standard InChI is InChI=1S/C19H29N5O2/c1-14(13-26-2)24-17(22-16-5-4-10-21-19(16)24)6-3-7-18(25)23-11-8-15(20)9-12-23/h4-5,10,14-15H,3,6-9,11-13,20H2,1-2H3/t14-/m0/s1. The Morgan fingerprint density at radius 1 is 1.42 bits per heavy atom. The average Bonchev–Trinajstić information content (AvgIpc) is 3.00. The Morgan fingerprint density at radius 2 is 2.19 bits per heavy atom. The van der Waals surface area contributed by atoms with Gasteiger partial charge in [-0.15, -0.1) is 0 Å². The molecular formula is C19H29N5O2. The fraction of sp³-hybridized carbons (Fsp3) is 0.632. The van der Waals surface area contributed by atoms with Gasteiger partial charge < -0.3 is 19.9 Å². The highest BCUT2D eigenvalue weighted by atomic mass is 16.5. The minimum atomic E-state index is 0.147. The molecular weight excluding hydrogens is 330 g/mol. The molecule has 1 atom stereocenters. The van der Waals surface area contributed by atoms with Crippen LogP contribution in [0.5, 0.6) is 0 Å². The lowest BCUT2D eigenvalue weighted by Gasteiger charge is -2.30. The predicted molar refractivity (Wildman–Crippen MR) is 101 cm³/mol. The number of amides is 1. The van der Waals surface area contributed by atoms with E-state index in [9.17, 15) is 4.79 Å². The first-order valence-corrected chi connectivity index (χ1v) is 9.44. The number of methoxy groups -OCH3 is 1. The summed E-state index contributed by atoms with van der Waals surface area (Å²) in [5.74, 6) is 1.19. The van der Waals surface area contributed by atoms with Crippen LogP contribution in [-0.2, 0) is 16.0 Å². The van der Waals surface area contributed by atoms with Crippen LogP contribution in [0, 0.1) is 0 Å². The van der Waals surface area contributed by atoms with Crippen LogP contribution in [-0.4, -0.2) is 58.2 Å². The van der Waals surface area contributed by atoms with Crippen LogP contribution in [0.3, 0.4) is 0 Å². The summed E-state index contributed by atoms with van der Waals surface area (Å²) in [6.45, 7) is 4.27. The van der Waals surface area contributed by atoms with Gasteiger partial charge in [-0.2, -0.15) is 0 Å². The first-order chi connectivity index (χ1) is 12.6. The zero-order chi connectivity index (χ0) is 18.5. The maximum atomic E-state index is 12.4. The number of likely N-dealkylation sites (tertiary alicyclic amines) is 1. The van der Waals surface area contributed by atoms with E-state index < -0.39 is 0 Å². The van der Waals surface area contributed by atoms with Crippen LogP contribution in [0.25, 0.3) is 11.2 Å². The molecule has 0 spiro atoms. The molecule has 1 fully saturated rings. The Hall–Kier alpha value is -1.99. The second-order valence-electron chi connectivity index (χ2n) is 7.12. The SMILES string of the molecule is COC[C@H](C)n1c(CCCC(=O)N2CCC(N)CC2)nc2cccnc21. The molecule has 0 bridgehead atoms. The molecule has 142 valence electrons. The minimum Gasteiger partial charge on any atom is -0.383 e. The molecule has 1 aliphatic rings. The summed E-state index contributed by atoms with van der Waals surface area (Å²) in [5, 5.41) is 0. The number of piperidine rings is 1. The van der Waals surface area contributed by atoms with Crippen molar-refractivity contribution in [1.29, 1.82) is 0 Å². The lowest BCUT2D eigenvalue weighted by molar-refractivity contribution is -0.132. The highest BCUT2D eigenvalue weighted by Crippen LogP contribution is 2.21. The lowest BCUT2D eigenvalue weighted by Crippen LogP contribution is -2.42. The Morgan fingerprint density at radius 3 is 2.92 bits per heavy atom. The van der Waals surface area contributed by atoms with Gasteiger partial charge in [0.1, 0.15) is 11.3 Å². The molecule has 0 aliphatic carbocycles. The Bertz CT molecular complexity index is 737. The minimum absolute atomic E-state index is 0.147. The number of fused-ring (bicyclic) bond motifs is 1. The second kappa shape index (κ2) is 8.60. The van der Waals surface area contributed by atoms with E-state index in [4.69, 9.17) is 15.5 Å². The average molecular weight is 359 g/mol. The van der Waals surface area contributed by atoms with Crippen molar-refractivity contribution in [2.24, 2.45) is 5.73 Å². The summed E-state index contributed by atoms with van der Waals surface area (Å²) in [4.78, 5) is 23.6. The van der Waals surface area contributed by atoms with E-state index in [-0.39, 0.29) is 18.0 Å². The topological polar surface area (TPSA) is 86.3 Å². The largest absolute Gasteiger partial charge is 0.383 e. The number of pyridine rings is 1. The molecule has 0 radical (unpaired) electrons. The molecule has 1 saturated heterocycles. The van der Waals surface area contributed by atoms with Crippen LogP contribution >= 0.6 is 0 Å². The van der Waals surface area contributed by atoms with Crippen molar-refractivity contribution >= 4 is 17.1 Å². The van der Waals surface area contributed by atoms with Crippen molar-refractivity contribution < 1.29 is 9.53 Å². The Balaban J connectivity index is 1.65. The zero-order valence-corrected chi connectivity index (χ0v) is 15.7. The molecule has 0 unspecified atom stereocenters. The molecule has 0 aromatic carbocycles. The maximum Gasteiger partial charge on any atom is 0.222 e. The van der Waals surface area contributed by atoms with Gasteiger partial charge in [-0.1, -0.05) is 0 Å². The third-order valence-electron chi connectivity index (χ3n) is 5.05. The van der Waals surface area contributed by atoms with E-state index in [1.165, 1.54) is 0 Å². The number of ether oxygens (including phenoxy) is 1. The number of hydrogen-bond acceptors (Lipinski definition) is 5. The van der Waals surface area contributed by atoms with Gasteiger partial charge in [-0.25, -0.2) is 9.97 Å².